The summed E-state index contributed by atoms with van der Waals surface area (Å²) in [5, 5.41) is 16.6. The average Bonchev–Trinajstić information content (AvgIpc) is 2.91. The second kappa shape index (κ2) is 5.93. The molecule has 21 heavy (non-hydrogen) atoms. The Morgan fingerprint density at radius 1 is 1.43 bits per heavy atom. The number of aromatic nitrogens is 3. The number of sulfonamides is 1. The van der Waals surface area contributed by atoms with Crippen molar-refractivity contribution in [3.05, 3.63) is 46.3 Å². The second-order valence-corrected chi connectivity index (χ2v) is 5.72. The van der Waals surface area contributed by atoms with Gasteiger partial charge in [-0.2, -0.15) is 9.49 Å². The molecule has 0 unspecified atom stereocenters. The van der Waals surface area contributed by atoms with Gasteiger partial charge in [-0.1, -0.05) is 0 Å². The minimum absolute atomic E-state index is 0.0239. The van der Waals surface area contributed by atoms with Crippen LogP contribution in [0.2, 0.25) is 0 Å². The van der Waals surface area contributed by atoms with Gasteiger partial charge in [-0.05, 0) is 6.07 Å². The van der Waals surface area contributed by atoms with Crippen LogP contribution < -0.4 is 4.72 Å². The number of H-pyrrole nitrogens is 1. The molecule has 1 heterocycles. The highest BCUT2D eigenvalue weighted by Gasteiger charge is 2.20. The van der Waals surface area contributed by atoms with Gasteiger partial charge in [0, 0.05) is 25.1 Å². The van der Waals surface area contributed by atoms with Gasteiger partial charge in [0.2, 0.25) is 15.8 Å². The number of rotatable bonds is 6. The third-order valence-electron chi connectivity index (χ3n) is 2.54. The molecule has 2 aromatic rings. The van der Waals surface area contributed by atoms with Crippen molar-refractivity contribution in [1.82, 2.24) is 19.9 Å². The maximum atomic E-state index is 13.4. The molecule has 0 aliphatic rings. The number of hydrogen-bond acceptors (Lipinski definition) is 6. The molecule has 1 aromatic carbocycles. The zero-order valence-corrected chi connectivity index (χ0v) is 11.3. The van der Waals surface area contributed by atoms with Gasteiger partial charge in [-0.3, -0.25) is 15.2 Å². The summed E-state index contributed by atoms with van der Waals surface area (Å²) in [7, 11) is -3.95. The highest BCUT2D eigenvalue weighted by molar-refractivity contribution is 7.89. The molecule has 0 aliphatic heterocycles. The van der Waals surface area contributed by atoms with Crippen LogP contribution in [0.25, 0.3) is 0 Å². The lowest BCUT2D eigenvalue weighted by molar-refractivity contribution is -0.387. The lowest BCUT2D eigenvalue weighted by Crippen LogP contribution is -2.26. The molecule has 0 radical (unpaired) electrons. The van der Waals surface area contributed by atoms with Crippen LogP contribution in [0.15, 0.2) is 29.4 Å². The maximum Gasteiger partial charge on any atom is 0.304 e. The Balaban J connectivity index is 2.08. The van der Waals surface area contributed by atoms with Crippen molar-refractivity contribution in [2.45, 2.75) is 11.3 Å². The summed E-state index contributed by atoms with van der Waals surface area (Å²) < 4.78 is 39.5. The van der Waals surface area contributed by atoms with Gasteiger partial charge in [0.1, 0.15) is 12.2 Å². The lowest BCUT2D eigenvalue weighted by Gasteiger charge is -2.06. The summed E-state index contributed by atoms with van der Waals surface area (Å²) in [6, 6.07) is 2.38. The van der Waals surface area contributed by atoms with Crippen molar-refractivity contribution in [3.63, 3.8) is 0 Å². The first-order valence-electron chi connectivity index (χ1n) is 5.68. The van der Waals surface area contributed by atoms with Crippen molar-refractivity contribution in [2.24, 2.45) is 0 Å². The Kier molecular flexibility index (Phi) is 4.23. The monoisotopic (exact) mass is 315 g/mol. The molecule has 0 spiro atoms. The van der Waals surface area contributed by atoms with E-state index in [1.165, 1.54) is 6.33 Å². The Hall–Kier alpha value is -2.40. The van der Waals surface area contributed by atoms with Crippen molar-refractivity contribution in [1.29, 1.82) is 0 Å². The third kappa shape index (κ3) is 3.58. The smallest absolute Gasteiger partial charge is 0.263 e. The van der Waals surface area contributed by atoms with Gasteiger partial charge in [0.15, 0.2) is 0 Å². The highest BCUT2D eigenvalue weighted by Crippen LogP contribution is 2.20. The summed E-state index contributed by atoms with van der Waals surface area (Å²) in [6.45, 7) is 0.0239. The number of nitrogens with zero attached hydrogens (tertiary/aromatic N) is 3. The summed E-state index contributed by atoms with van der Waals surface area (Å²) in [5.74, 6) is -0.717. The van der Waals surface area contributed by atoms with E-state index in [4.69, 9.17) is 0 Å². The van der Waals surface area contributed by atoms with Crippen LogP contribution in [-0.2, 0) is 16.4 Å². The van der Waals surface area contributed by atoms with E-state index in [1.54, 1.807) is 0 Å². The first kappa shape index (κ1) is 15.0. The van der Waals surface area contributed by atoms with Crippen LogP contribution in [0, 0.1) is 15.9 Å². The second-order valence-electron chi connectivity index (χ2n) is 3.95. The molecule has 2 rings (SSSR count). The molecule has 0 aliphatic carbocycles. The van der Waals surface area contributed by atoms with E-state index in [1.807, 2.05) is 0 Å². The molecule has 9 nitrogen and oxygen atoms in total. The fraction of sp³-hybridized carbons (Fsp3) is 0.200. The maximum absolute atomic E-state index is 13.4. The summed E-state index contributed by atoms with van der Waals surface area (Å²) >= 11 is 0. The Morgan fingerprint density at radius 2 is 2.19 bits per heavy atom. The van der Waals surface area contributed by atoms with Gasteiger partial charge in [0.05, 0.1) is 9.82 Å². The van der Waals surface area contributed by atoms with Gasteiger partial charge < -0.3 is 0 Å². The zero-order chi connectivity index (χ0) is 15.5. The van der Waals surface area contributed by atoms with Crippen molar-refractivity contribution < 1.29 is 17.7 Å². The molecular formula is C10H10FN5O4S. The van der Waals surface area contributed by atoms with E-state index in [0.717, 1.165) is 12.1 Å². The number of nitro benzene ring substituents is 1. The zero-order valence-electron chi connectivity index (χ0n) is 10.5. The van der Waals surface area contributed by atoms with Crippen molar-refractivity contribution in [2.75, 3.05) is 6.54 Å². The molecule has 0 amide bonds. The van der Waals surface area contributed by atoms with Crippen LogP contribution in [0.3, 0.4) is 0 Å². The van der Waals surface area contributed by atoms with E-state index in [0.29, 0.717) is 11.9 Å². The normalized spacial score (nSPS) is 11.5. The Bertz CT molecular complexity index is 747. The third-order valence-corrected chi connectivity index (χ3v) is 4.00. The standard InChI is InChI=1S/C10H10FN5O4S/c11-8-5-7(1-2-9(8)16(17)18)21(19,20)14-4-3-10-12-6-13-15-10/h1-2,5-6,14H,3-4H2,(H,12,13,15). The fourth-order valence-corrected chi connectivity index (χ4v) is 2.58. The Morgan fingerprint density at radius 3 is 2.76 bits per heavy atom. The molecule has 0 fully saturated rings. The van der Waals surface area contributed by atoms with Crippen LogP contribution in [0.5, 0.6) is 0 Å². The number of nitro groups is 1. The van der Waals surface area contributed by atoms with Gasteiger partial charge >= 0.3 is 5.69 Å². The van der Waals surface area contributed by atoms with Crippen LogP contribution in [0.4, 0.5) is 10.1 Å². The minimum Gasteiger partial charge on any atom is -0.263 e. The highest BCUT2D eigenvalue weighted by atomic mass is 32.2. The number of benzene rings is 1. The number of nitrogens with one attached hydrogen (secondary N) is 2. The van der Waals surface area contributed by atoms with E-state index < -0.39 is 26.5 Å². The largest absolute Gasteiger partial charge is 0.304 e. The predicted molar refractivity (Wildman–Crippen MR) is 68.3 cm³/mol. The number of aromatic amines is 1. The summed E-state index contributed by atoms with van der Waals surface area (Å²) in [5.41, 5.74) is -0.782. The molecule has 112 valence electrons. The molecule has 1 aromatic heterocycles. The molecule has 0 saturated heterocycles. The first-order valence-corrected chi connectivity index (χ1v) is 7.16. The van der Waals surface area contributed by atoms with E-state index in [9.17, 15) is 22.9 Å². The fourth-order valence-electron chi connectivity index (χ4n) is 1.54. The molecular weight excluding hydrogens is 305 g/mol. The lowest BCUT2D eigenvalue weighted by atomic mass is 10.3. The molecule has 0 saturated carbocycles. The van der Waals surface area contributed by atoms with Gasteiger partial charge in [-0.15, -0.1) is 0 Å². The van der Waals surface area contributed by atoms with Gasteiger partial charge in [0.25, 0.3) is 0 Å². The SMILES string of the molecule is O=[N+]([O-])c1ccc(S(=O)(=O)NCCc2ncn[nH]2)cc1F. The summed E-state index contributed by atoms with van der Waals surface area (Å²) in [6.07, 6.45) is 1.56. The van der Waals surface area contributed by atoms with Crippen molar-refractivity contribution in [3.8, 4) is 0 Å². The number of hydrogen-bond donors (Lipinski definition) is 2. The van der Waals surface area contributed by atoms with Crippen LogP contribution >= 0.6 is 0 Å². The topological polar surface area (TPSA) is 131 Å². The quantitative estimate of drug-likeness (QED) is 0.585. The van der Waals surface area contributed by atoms with Crippen LogP contribution in [-0.4, -0.2) is 35.1 Å². The van der Waals surface area contributed by atoms with E-state index in [-0.39, 0.29) is 17.9 Å². The minimum atomic E-state index is -3.95. The molecule has 0 bridgehead atoms. The van der Waals surface area contributed by atoms with Crippen LogP contribution in [0.1, 0.15) is 5.82 Å². The molecule has 2 N–H and O–H groups in total. The average molecular weight is 315 g/mol. The van der Waals surface area contributed by atoms with Crippen molar-refractivity contribution >= 4 is 15.7 Å². The molecule has 0 atom stereocenters. The number of halogens is 1. The van der Waals surface area contributed by atoms with Gasteiger partial charge in [-0.25, -0.2) is 18.1 Å². The van der Waals surface area contributed by atoms with E-state index >= 15 is 0 Å². The first-order chi connectivity index (χ1) is 9.90. The predicted octanol–water partition coefficient (Wildman–Crippen LogP) is 0.373. The van der Waals surface area contributed by atoms with E-state index in [2.05, 4.69) is 19.9 Å². The Labute approximate surface area is 118 Å². The molecule has 11 heteroatoms. The summed E-state index contributed by atoms with van der Waals surface area (Å²) in [4.78, 5) is 13.0.